The lowest BCUT2D eigenvalue weighted by Gasteiger charge is -2.41. The predicted octanol–water partition coefficient (Wildman–Crippen LogP) is 14.8. The zero-order valence-electron chi connectivity index (χ0n) is 47.0. The lowest BCUT2D eigenvalue weighted by Crippen LogP contribution is -2.61. The van der Waals surface area contributed by atoms with Crippen molar-refractivity contribution < 1.29 is 51.8 Å². The Kier molecular flexibility index (Phi) is 47.8. The molecule has 7 unspecified atom stereocenters. The summed E-state index contributed by atoms with van der Waals surface area (Å²) >= 11 is 0. The molecular formula is C60H115NO11S. The number of ether oxygens (including phenoxy) is 2. The quantitative estimate of drug-likeness (QED) is 0.0193. The first-order chi connectivity index (χ1) is 35.5. The number of aliphatic hydroxyl groups excluding tert-OH is 4. The highest BCUT2D eigenvalue weighted by atomic mass is 32.3. The average molecular weight is 1060 g/mol. The summed E-state index contributed by atoms with van der Waals surface area (Å²) in [7, 11) is -5.09. The standard InChI is InChI=1S/C60H115NO11S/c1-3-5-7-9-11-13-15-17-19-21-23-25-27-28-30-32-34-36-38-40-42-44-46-48-50-56(64)61-53(52-70-60-58(66)59(72-73(67,68)69)57(65)55(51-62)71-60)54(63)49-47-45-43-41-39-37-35-33-31-29-26-24-22-20-18-16-14-12-10-8-6-4-2/h28,30,47,49,53-55,57-60,62-63,65-66H,3-27,29,31-46,48,50-52H2,1-2H3,(H,61,64)(H,67,68,69)/b30-28-,49-47+. The van der Waals surface area contributed by atoms with E-state index in [4.69, 9.17) is 9.47 Å². The molecule has 7 atom stereocenters. The zero-order chi connectivity index (χ0) is 53.3. The van der Waals surface area contributed by atoms with Gasteiger partial charge in [-0.3, -0.25) is 9.35 Å². The minimum absolute atomic E-state index is 0.261. The molecule has 0 spiro atoms. The van der Waals surface area contributed by atoms with Gasteiger partial charge >= 0.3 is 10.4 Å². The van der Waals surface area contributed by atoms with Crippen molar-refractivity contribution in [3.8, 4) is 0 Å². The third-order valence-corrected chi connectivity index (χ3v) is 15.2. The number of amides is 1. The van der Waals surface area contributed by atoms with Crippen molar-refractivity contribution in [2.75, 3.05) is 13.2 Å². The first kappa shape index (κ1) is 69.6. The summed E-state index contributed by atoms with van der Waals surface area (Å²) < 4.78 is 47.9. The van der Waals surface area contributed by atoms with Crippen molar-refractivity contribution >= 4 is 16.3 Å². The van der Waals surface area contributed by atoms with Gasteiger partial charge in [0.15, 0.2) is 6.29 Å². The van der Waals surface area contributed by atoms with E-state index in [2.05, 4.69) is 35.5 Å². The summed E-state index contributed by atoms with van der Waals surface area (Å²) in [5, 5.41) is 45.0. The fraction of sp³-hybridized carbons (Fsp3) is 0.917. The summed E-state index contributed by atoms with van der Waals surface area (Å²) in [6.07, 6.45) is 53.7. The fourth-order valence-electron chi connectivity index (χ4n) is 9.98. The largest absolute Gasteiger partial charge is 0.397 e. The van der Waals surface area contributed by atoms with Gasteiger partial charge in [-0.2, -0.15) is 8.42 Å². The van der Waals surface area contributed by atoms with Crippen LogP contribution in [0, 0.1) is 0 Å². The lowest BCUT2D eigenvalue weighted by atomic mass is 9.99. The predicted molar refractivity (Wildman–Crippen MR) is 301 cm³/mol. The molecule has 0 saturated carbocycles. The Morgan fingerprint density at radius 1 is 0.534 bits per heavy atom. The van der Waals surface area contributed by atoms with Gasteiger partial charge in [0.25, 0.3) is 0 Å². The van der Waals surface area contributed by atoms with Crippen LogP contribution in [0.1, 0.15) is 296 Å². The highest BCUT2D eigenvalue weighted by Crippen LogP contribution is 2.26. The number of carbonyl (C=O) groups is 1. The Morgan fingerprint density at radius 2 is 0.877 bits per heavy atom. The highest BCUT2D eigenvalue weighted by Gasteiger charge is 2.48. The second-order valence-corrected chi connectivity index (χ2v) is 22.7. The van der Waals surface area contributed by atoms with E-state index >= 15 is 0 Å². The first-order valence-electron chi connectivity index (χ1n) is 30.7. The van der Waals surface area contributed by atoms with Crippen LogP contribution in [0.15, 0.2) is 24.3 Å². The van der Waals surface area contributed by atoms with Gasteiger partial charge in [0, 0.05) is 6.42 Å². The van der Waals surface area contributed by atoms with Crippen molar-refractivity contribution in [2.24, 2.45) is 0 Å². The number of hydrogen-bond donors (Lipinski definition) is 6. The molecule has 1 fully saturated rings. The molecule has 0 aromatic rings. The van der Waals surface area contributed by atoms with E-state index in [0.29, 0.717) is 6.42 Å². The Labute approximate surface area is 448 Å². The maximum atomic E-state index is 13.1. The van der Waals surface area contributed by atoms with Gasteiger partial charge in [0.05, 0.1) is 25.4 Å². The molecule has 0 aliphatic carbocycles. The second kappa shape index (κ2) is 50.1. The third kappa shape index (κ3) is 42.3. The highest BCUT2D eigenvalue weighted by molar-refractivity contribution is 7.80. The number of rotatable bonds is 54. The van der Waals surface area contributed by atoms with E-state index in [1.807, 2.05) is 6.08 Å². The number of carbonyl (C=O) groups excluding carboxylic acids is 1. The molecule has 0 bridgehead atoms. The van der Waals surface area contributed by atoms with Crippen LogP contribution in [0.4, 0.5) is 0 Å². The molecule has 1 heterocycles. The van der Waals surface area contributed by atoms with Crippen LogP contribution >= 0.6 is 0 Å². The lowest BCUT2D eigenvalue weighted by molar-refractivity contribution is -0.298. The number of unbranched alkanes of at least 4 members (excludes halogenated alkanes) is 40. The summed E-state index contributed by atoms with van der Waals surface area (Å²) in [5.74, 6) is -0.261. The topological polar surface area (TPSA) is 192 Å². The smallest absolute Gasteiger partial charge is 0.394 e. The zero-order valence-corrected chi connectivity index (χ0v) is 47.8. The van der Waals surface area contributed by atoms with E-state index in [1.54, 1.807) is 6.08 Å². The molecule has 0 aromatic carbocycles. The van der Waals surface area contributed by atoms with E-state index in [9.17, 15) is 38.2 Å². The molecule has 432 valence electrons. The maximum absolute atomic E-state index is 13.1. The Bertz CT molecular complexity index is 1380. The van der Waals surface area contributed by atoms with Gasteiger partial charge in [-0.15, -0.1) is 0 Å². The van der Waals surface area contributed by atoms with Gasteiger partial charge in [-0.25, -0.2) is 4.18 Å². The number of hydrogen-bond acceptors (Lipinski definition) is 10. The number of nitrogens with one attached hydrogen (secondary N) is 1. The van der Waals surface area contributed by atoms with Crippen molar-refractivity contribution in [1.82, 2.24) is 5.32 Å². The SMILES string of the molecule is CCCCCCCCCCCCCC/C=C\CCCCCCCCCCC(=O)NC(COC1OC(CO)C(O)C(OS(=O)(=O)O)C1O)C(O)/C=C/CCCCCCCCCCCCCCCCCCCCCC. The number of allylic oxidation sites excluding steroid dienone is 3. The van der Waals surface area contributed by atoms with Crippen molar-refractivity contribution in [1.29, 1.82) is 0 Å². The van der Waals surface area contributed by atoms with E-state index in [0.717, 1.165) is 44.9 Å². The molecule has 1 amide bonds. The van der Waals surface area contributed by atoms with E-state index in [1.165, 1.54) is 225 Å². The first-order valence-corrected chi connectivity index (χ1v) is 32.1. The monoisotopic (exact) mass is 1060 g/mol. The maximum Gasteiger partial charge on any atom is 0.397 e. The normalized spacial score (nSPS) is 19.4. The van der Waals surface area contributed by atoms with Crippen LogP contribution in [-0.2, 0) is 28.9 Å². The summed E-state index contributed by atoms with van der Waals surface area (Å²) in [4.78, 5) is 13.1. The van der Waals surface area contributed by atoms with Crippen LogP contribution in [0.2, 0.25) is 0 Å². The molecule has 1 aliphatic rings. The van der Waals surface area contributed by atoms with Crippen LogP contribution < -0.4 is 5.32 Å². The molecule has 12 nitrogen and oxygen atoms in total. The minimum Gasteiger partial charge on any atom is -0.394 e. The summed E-state index contributed by atoms with van der Waals surface area (Å²) in [6, 6.07) is -0.945. The van der Waals surface area contributed by atoms with E-state index in [-0.39, 0.29) is 18.9 Å². The van der Waals surface area contributed by atoms with Gasteiger partial charge in [0.2, 0.25) is 5.91 Å². The minimum atomic E-state index is -5.09. The second-order valence-electron chi connectivity index (χ2n) is 21.6. The van der Waals surface area contributed by atoms with Gasteiger partial charge in [0.1, 0.15) is 24.4 Å². The molecule has 6 N–H and O–H groups in total. The molecule has 1 saturated heterocycles. The van der Waals surface area contributed by atoms with Crippen molar-refractivity contribution in [2.45, 2.75) is 339 Å². The number of aliphatic hydroxyl groups is 4. The Balaban J connectivity index is 2.35. The average Bonchev–Trinajstić information content (AvgIpc) is 3.37. The van der Waals surface area contributed by atoms with Crippen LogP contribution in [0.3, 0.4) is 0 Å². The van der Waals surface area contributed by atoms with E-state index < -0.39 is 59.9 Å². The van der Waals surface area contributed by atoms with Crippen LogP contribution in [0.5, 0.6) is 0 Å². The molecule has 0 radical (unpaired) electrons. The molecule has 1 rings (SSSR count). The molecule has 13 heteroatoms. The van der Waals surface area contributed by atoms with Gasteiger partial charge < -0.3 is 35.2 Å². The molecule has 0 aromatic heterocycles. The van der Waals surface area contributed by atoms with Gasteiger partial charge in [-0.1, -0.05) is 269 Å². The Hall–Kier alpha value is -1.42. The summed E-state index contributed by atoms with van der Waals surface area (Å²) in [6.45, 7) is 3.44. The molecular weight excluding hydrogens is 943 g/mol. The third-order valence-electron chi connectivity index (χ3n) is 14.7. The van der Waals surface area contributed by atoms with Gasteiger partial charge in [-0.05, 0) is 44.9 Å². The van der Waals surface area contributed by atoms with Crippen molar-refractivity contribution in [3.05, 3.63) is 24.3 Å². The molecule has 1 aliphatic heterocycles. The summed E-state index contributed by atoms with van der Waals surface area (Å²) in [5.41, 5.74) is 0. The van der Waals surface area contributed by atoms with Crippen LogP contribution in [0.25, 0.3) is 0 Å². The fourth-order valence-corrected chi connectivity index (χ4v) is 10.5. The van der Waals surface area contributed by atoms with Crippen molar-refractivity contribution in [3.63, 3.8) is 0 Å². The van der Waals surface area contributed by atoms with Crippen LogP contribution in [-0.4, -0.2) is 95.4 Å². The molecule has 73 heavy (non-hydrogen) atoms. The Morgan fingerprint density at radius 3 is 1.23 bits per heavy atom.